The number of hydrogen-bond donors (Lipinski definition) is 1. The fourth-order valence-corrected chi connectivity index (χ4v) is 2.83. The summed E-state index contributed by atoms with van der Waals surface area (Å²) < 4.78 is 5.33. The molecule has 1 heterocycles. The number of benzene rings is 1. The normalized spacial score (nSPS) is 25.8. The van der Waals surface area contributed by atoms with Crippen molar-refractivity contribution in [3.63, 3.8) is 0 Å². The fraction of sp³-hybridized carbons (Fsp3) is 0.562. The zero-order chi connectivity index (χ0) is 14.6. The van der Waals surface area contributed by atoms with Crippen LogP contribution in [0.25, 0.3) is 0 Å². The molecular weight excluding hydrogens is 254 g/mol. The van der Waals surface area contributed by atoms with Crippen LogP contribution < -0.4 is 0 Å². The molecule has 1 N–H and O–H groups in total. The third-order valence-electron chi connectivity index (χ3n) is 4.15. The summed E-state index contributed by atoms with van der Waals surface area (Å²) in [5.41, 5.74) is 0.206. The maximum Gasteiger partial charge on any atom is 0.410 e. The highest BCUT2D eigenvalue weighted by Gasteiger charge is 2.45. The van der Waals surface area contributed by atoms with E-state index >= 15 is 0 Å². The van der Waals surface area contributed by atoms with Gasteiger partial charge in [-0.2, -0.15) is 0 Å². The van der Waals surface area contributed by atoms with Crippen LogP contribution in [0.2, 0.25) is 0 Å². The van der Waals surface area contributed by atoms with Crippen LogP contribution in [-0.4, -0.2) is 34.3 Å². The molecule has 2 atom stereocenters. The molecule has 0 radical (unpaired) electrons. The lowest BCUT2D eigenvalue weighted by molar-refractivity contribution is 0.0000657. The van der Waals surface area contributed by atoms with Gasteiger partial charge in [-0.1, -0.05) is 43.7 Å². The molecule has 1 aromatic rings. The highest BCUT2D eigenvalue weighted by Crippen LogP contribution is 2.32. The number of hydrogen-bond acceptors (Lipinski definition) is 3. The van der Waals surface area contributed by atoms with Crippen LogP contribution in [-0.2, 0) is 11.3 Å². The molecule has 0 saturated carbocycles. The summed E-state index contributed by atoms with van der Waals surface area (Å²) in [6.07, 6.45) is 1.92. The highest BCUT2D eigenvalue weighted by atomic mass is 16.6. The third kappa shape index (κ3) is 3.12. The van der Waals surface area contributed by atoms with Crippen molar-refractivity contribution in [3.8, 4) is 0 Å². The second-order valence-electron chi connectivity index (χ2n) is 5.51. The predicted octanol–water partition coefficient (Wildman–Crippen LogP) is 2.95. The average molecular weight is 277 g/mol. The maximum atomic E-state index is 12.1. The number of ether oxygens (including phenoxy) is 1. The van der Waals surface area contributed by atoms with Gasteiger partial charge in [0.25, 0.3) is 0 Å². The Labute approximate surface area is 120 Å². The van der Waals surface area contributed by atoms with Gasteiger partial charge in [-0.25, -0.2) is 4.79 Å². The van der Waals surface area contributed by atoms with E-state index in [-0.39, 0.29) is 18.7 Å². The first-order valence-corrected chi connectivity index (χ1v) is 7.26. The van der Waals surface area contributed by atoms with Crippen LogP contribution in [0.5, 0.6) is 0 Å². The Balaban J connectivity index is 1.90. The summed E-state index contributed by atoms with van der Waals surface area (Å²) in [7, 11) is 0. The van der Waals surface area contributed by atoms with Crippen molar-refractivity contribution in [3.05, 3.63) is 35.9 Å². The van der Waals surface area contributed by atoms with Gasteiger partial charge in [0.15, 0.2) is 0 Å². The standard InChI is InChI=1S/C16H23NO3/c1-3-9-16(19)10-11-17(13(16)2)15(18)20-12-14-7-5-4-6-8-14/h4-8,13,19H,3,9-12H2,1-2H3/t13-,16-/m0/s1. The van der Waals surface area contributed by atoms with E-state index in [2.05, 4.69) is 0 Å². The first-order chi connectivity index (χ1) is 9.57. The summed E-state index contributed by atoms with van der Waals surface area (Å²) in [6, 6.07) is 9.43. The number of rotatable bonds is 4. The predicted molar refractivity (Wildman–Crippen MR) is 77.3 cm³/mol. The molecule has 1 aromatic carbocycles. The van der Waals surface area contributed by atoms with E-state index in [4.69, 9.17) is 4.74 Å². The van der Waals surface area contributed by atoms with Gasteiger partial charge in [-0.05, 0) is 25.3 Å². The maximum absolute atomic E-state index is 12.1. The van der Waals surface area contributed by atoms with E-state index in [0.29, 0.717) is 13.0 Å². The van der Waals surface area contributed by atoms with Gasteiger partial charge in [-0.3, -0.25) is 0 Å². The Hall–Kier alpha value is -1.55. The minimum Gasteiger partial charge on any atom is -0.445 e. The molecule has 20 heavy (non-hydrogen) atoms. The molecule has 0 unspecified atom stereocenters. The van der Waals surface area contributed by atoms with E-state index in [0.717, 1.165) is 18.4 Å². The molecule has 0 spiro atoms. The molecule has 0 aliphatic carbocycles. The SMILES string of the molecule is CCC[C@]1(O)CCN(C(=O)OCc2ccccc2)[C@H]1C. The smallest absolute Gasteiger partial charge is 0.410 e. The molecule has 0 bridgehead atoms. The number of amides is 1. The number of nitrogens with zero attached hydrogens (tertiary/aromatic N) is 1. The van der Waals surface area contributed by atoms with Crippen LogP contribution in [0.3, 0.4) is 0 Å². The second-order valence-corrected chi connectivity index (χ2v) is 5.51. The van der Waals surface area contributed by atoms with Gasteiger partial charge in [0, 0.05) is 6.54 Å². The van der Waals surface area contributed by atoms with Crippen molar-refractivity contribution in [2.24, 2.45) is 0 Å². The lowest BCUT2D eigenvalue weighted by Gasteiger charge is -2.30. The first-order valence-electron chi connectivity index (χ1n) is 7.26. The lowest BCUT2D eigenvalue weighted by atomic mass is 9.91. The monoisotopic (exact) mass is 277 g/mol. The lowest BCUT2D eigenvalue weighted by Crippen LogP contribution is -2.44. The van der Waals surface area contributed by atoms with Gasteiger partial charge >= 0.3 is 6.09 Å². The number of carbonyl (C=O) groups is 1. The van der Waals surface area contributed by atoms with E-state index in [9.17, 15) is 9.90 Å². The van der Waals surface area contributed by atoms with Crippen LogP contribution in [0.1, 0.15) is 38.7 Å². The van der Waals surface area contributed by atoms with Crippen molar-refractivity contribution >= 4 is 6.09 Å². The van der Waals surface area contributed by atoms with Crippen molar-refractivity contribution in [2.75, 3.05) is 6.54 Å². The van der Waals surface area contributed by atoms with Gasteiger partial charge in [0.2, 0.25) is 0 Å². The Morgan fingerprint density at radius 1 is 1.45 bits per heavy atom. The Bertz CT molecular complexity index is 448. The molecule has 1 aliphatic rings. The second kappa shape index (κ2) is 6.27. The van der Waals surface area contributed by atoms with Crippen molar-refractivity contribution in [2.45, 2.75) is 51.4 Å². The van der Waals surface area contributed by atoms with E-state index < -0.39 is 5.60 Å². The average Bonchev–Trinajstić information content (AvgIpc) is 2.74. The van der Waals surface area contributed by atoms with Gasteiger partial charge in [0.1, 0.15) is 6.61 Å². The van der Waals surface area contributed by atoms with E-state index in [1.54, 1.807) is 4.90 Å². The molecule has 4 nitrogen and oxygen atoms in total. The number of carbonyl (C=O) groups excluding carboxylic acids is 1. The minimum atomic E-state index is -0.763. The van der Waals surface area contributed by atoms with Gasteiger partial charge < -0.3 is 14.7 Å². The molecule has 1 amide bonds. The summed E-state index contributed by atoms with van der Waals surface area (Å²) in [6.45, 7) is 4.77. The minimum absolute atomic E-state index is 0.189. The summed E-state index contributed by atoms with van der Waals surface area (Å²) in [5.74, 6) is 0. The number of likely N-dealkylation sites (tertiary alicyclic amines) is 1. The summed E-state index contributed by atoms with van der Waals surface area (Å²) in [5, 5.41) is 10.5. The van der Waals surface area contributed by atoms with Crippen molar-refractivity contribution in [1.29, 1.82) is 0 Å². The third-order valence-corrected chi connectivity index (χ3v) is 4.15. The van der Waals surface area contributed by atoms with Crippen molar-refractivity contribution < 1.29 is 14.6 Å². The topological polar surface area (TPSA) is 49.8 Å². The molecule has 4 heteroatoms. The Morgan fingerprint density at radius 3 is 2.80 bits per heavy atom. The Morgan fingerprint density at radius 2 is 2.15 bits per heavy atom. The summed E-state index contributed by atoms with van der Waals surface area (Å²) >= 11 is 0. The van der Waals surface area contributed by atoms with Crippen molar-refractivity contribution in [1.82, 2.24) is 4.90 Å². The van der Waals surface area contributed by atoms with Crippen LogP contribution >= 0.6 is 0 Å². The molecular formula is C16H23NO3. The Kier molecular flexibility index (Phi) is 4.65. The van der Waals surface area contributed by atoms with Crippen LogP contribution in [0.4, 0.5) is 4.79 Å². The molecule has 110 valence electrons. The summed E-state index contributed by atoms with van der Waals surface area (Å²) in [4.78, 5) is 13.8. The number of aliphatic hydroxyl groups is 1. The molecule has 1 saturated heterocycles. The van der Waals surface area contributed by atoms with E-state index in [1.165, 1.54) is 0 Å². The zero-order valence-corrected chi connectivity index (χ0v) is 12.2. The van der Waals surface area contributed by atoms with Gasteiger partial charge in [0.05, 0.1) is 11.6 Å². The molecule has 1 aliphatic heterocycles. The molecule has 1 fully saturated rings. The first kappa shape index (κ1) is 14.9. The largest absolute Gasteiger partial charge is 0.445 e. The van der Waals surface area contributed by atoms with Gasteiger partial charge in [-0.15, -0.1) is 0 Å². The van der Waals surface area contributed by atoms with E-state index in [1.807, 2.05) is 44.2 Å². The molecule has 0 aromatic heterocycles. The van der Waals surface area contributed by atoms with Crippen LogP contribution in [0.15, 0.2) is 30.3 Å². The quantitative estimate of drug-likeness (QED) is 0.920. The van der Waals surface area contributed by atoms with Crippen LogP contribution in [0, 0.1) is 0 Å². The highest BCUT2D eigenvalue weighted by molar-refractivity contribution is 5.68. The molecule has 2 rings (SSSR count). The fourth-order valence-electron chi connectivity index (χ4n) is 2.83. The zero-order valence-electron chi connectivity index (χ0n) is 12.2.